The van der Waals surface area contributed by atoms with E-state index in [0.29, 0.717) is 6.54 Å². The quantitative estimate of drug-likeness (QED) is 0.471. The van der Waals surface area contributed by atoms with Crippen LogP contribution < -0.4 is 4.90 Å². The minimum Gasteiger partial charge on any atom is -0.307 e. The monoisotopic (exact) mass is 332 g/mol. The molecule has 0 heterocycles. The number of nitro groups is 1. The number of hydrogen-bond donors (Lipinski definition) is 0. The van der Waals surface area contributed by atoms with E-state index in [-0.39, 0.29) is 11.6 Å². The van der Waals surface area contributed by atoms with Gasteiger partial charge in [-0.05, 0) is 31.5 Å². The summed E-state index contributed by atoms with van der Waals surface area (Å²) in [5.74, 6) is -0.214. The van der Waals surface area contributed by atoms with Crippen LogP contribution >= 0.6 is 11.6 Å². The summed E-state index contributed by atoms with van der Waals surface area (Å²) in [6.07, 6.45) is 0. The van der Waals surface area contributed by atoms with Crippen molar-refractivity contribution in [1.82, 2.24) is 0 Å². The number of carbonyl (C=O) groups is 1. The molecule has 0 spiro atoms. The predicted octanol–water partition coefficient (Wildman–Crippen LogP) is 4.06. The van der Waals surface area contributed by atoms with Gasteiger partial charge >= 0.3 is 0 Å². The van der Waals surface area contributed by atoms with E-state index in [1.165, 1.54) is 12.1 Å². The molecule has 2 aromatic carbocycles. The van der Waals surface area contributed by atoms with Gasteiger partial charge in [0.15, 0.2) is 0 Å². The predicted molar refractivity (Wildman–Crippen MR) is 90.8 cm³/mol. The van der Waals surface area contributed by atoms with Crippen molar-refractivity contribution in [2.45, 2.75) is 25.8 Å². The minimum absolute atomic E-state index is 0.0210. The Morgan fingerprint density at radius 3 is 2.22 bits per heavy atom. The van der Waals surface area contributed by atoms with E-state index < -0.39 is 10.3 Å². The Morgan fingerprint density at radius 2 is 1.74 bits per heavy atom. The molecule has 5 nitrogen and oxygen atoms in total. The molecular weight excluding hydrogens is 316 g/mol. The van der Waals surface area contributed by atoms with Crippen molar-refractivity contribution in [3.8, 4) is 0 Å². The molecule has 1 amide bonds. The Hall–Kier alpha value is -2.40. The highest BCUT2D eigenvalue weighted by molar-refractivity contribution is 6.32. The number of alkyl halides is 1. The van der Waals surface area contributed by atoms with Gasteiger partial charge in [-0.1, -0.05) is 29.8 Å². The Morgan fingerprint density at radius 1 is 1.17 bits per heavy atom. The molecule has 2 aromatic rings. The van der Waals surface area contributed by atoms with Gasteiger partial charge in [0, 0.05) is 17.8 Å². The van der Waals surface area contributed by atoms with Gasteiger partial charge in [0.05, 0.1) is 11.5 Å². The van der Waals surface area contributed by atoms with Gasteiger partial charge in [0.25, 0.3) is 5.69 Å². The second-order valence-corrected chi connectivity index (χ2v) is 5.95. The van der Waals surface area contributed by atoms with Crippen molar-refractivity contribution in [2.75, 3.05) is 4.90 Å². The molecule has 0 saturated carbocycles. The van der Waals surface area contributed by atoms with E-state index in [4.69, 9.17) is 11.6 Å². The van der Waals surface area contributed by atoms with Crippen LogP contribution in [-0.2, 0) is 11.3 Å². The Balaban J connectivity index is 2.29. The molecule has 0 bridgehead atoms. The zero-order valence-corrected chi connectivity index (χ0v) is 13.7. The number of halogens is 1. The molecule has 1 unspecified atom stereocenters. The average Bonchev–Trinajstić information content (AvgIpc) is 2.53. The van der Waals surface area contributed by atoms with Crippen LogP contribution in [0.25, 0.3) is 0 Å². The fourth-order valence-electron chi connectivity index (χ4n) is 2.14. The summed E-state index contributed by atoms with van der Waals surface area (Å²) in [7, 11) is 0. The molecule has 0 saturated heterocycles. The highest BCUT2D eigenvalue weighted by atomic mass is 35.5. The van der Waals surface area contributed by atoms with Crippen LogP contribution in [0, 0.1) is 17.0 Å². The summed E-state index contributed by atoms with van der Waals surface area (Å²) >= 11 is 5.96. The van der Waals surface area contributed by atoms with Crippen molar-refractivity contribution in [3.63, 3.8) is 0 Å². The number of rotatable bonds is 5. The van der Waals surface area contributed by atoms with E-state index in [9.17, 15) is 14.9 Å². The van der Waals surface area contributed by atoms with E-state index in [2.05, 4.69) is 0 Å². The smallest absolute Gasteiger partial charge is 0.269 e. The standard InChI is InChI=1S/C17H17ClN2O3/c1-12-3-7-15(8-4-12)19(17(21)13(2)18)11-14-5-9-16(10-6-14)20(22)23/h3-10,13H,11H2,1-2H3. The van der Waals surface area contributed by atoms with Gasteiger partial charge in [-0.25, -0.2) is 0 Å². The number of nitrogens with zero attached hydrogens (tertiary/aromatic N) is 2. The number of carbonyl (C=O) groups excluding carboxylic acids is 1. The molecule has 0 aromatic heterocycles. The third-order valence-electron chi connectivity index (χ3n) is 3.44. The molecule has 0 aliphatic rings. The van der Waals surface area contributed by atoms with E-state index in [0.717, 1.165) is 16.8 Å². The fourth-order valence-corrected chi connectivity index (χ4v) is 2.26. The number of amides is 1. The molecule has 23 heavy (non-hydrogen) atoms. The molecule has 120 valence electrons. The van der Waals surface area contributed by atoms with Crippen molar-refractivity contribution >= 4 is 28.9 Å². The van der Waals surface area contributed by atoms with Gasteiger partial charge < -0.3 is 4.90 Å². The fraction of sp³-hybridized carbons (Fsp3) is 0.235. The number of benzene rings is 2. The molecule has 1 atom stereocenters. The van der Waals surface area contributed by atoms with E-state index >= 15 is 0 Å². The summed E-state index contributed by atoms with van der Waals surface area (Å²) in [6.45, 7) is 3.90. The maximum atomic E-state index is 12.4. The van der Waals surface area contributed by atoms with E-state index in [1.807, 2.05) is 31.2 Å². The minimum atomic E-state index is -0.658. The van der Waals surface area contributed by atoms with E-state index in [1.54, 1.807) is 24.0 Å². The molecule has 0 fully saturated rings. The number of hydrogen-bond acceptors (Lipinski definition) is 3. The van der Waals surface area contributed by atoms with Crippen LogP contribution in [0.1, 0.15) is 18.1 Å². The largest absolute Gasteiger partial charge is 0.307 e. The van der Waals surface area contributed by atoms with Crippen LogP contribution in [0.3, 0.4) is 0 Å². The maximum Gasteiger partial charge on any atom is 0.269 e. The zero-order valence-electron chi connectivity index (χ0n) is 12.9. The maximum absolute atomic E-state index is 12.4. The third-order valence-corrected chi connectivity index (χ3v) is 3.63. The molecule has 0 aliphatic heterocycles. The second kappa shape index (κ2) is 7.24. The van der Waals surface area contributed by atoms with Crippen molar-refractivity contribution < 1.29 is 9.72 Å². The first-order valence-electron chi connectivity index (χ1n) is 7.14. The highest BCUT2D eigenvalue weighted by Gasteiger charge is 2.20. The Bertz CT molecular complexity index is 697. The molecular formula is C17H17ClN2O3. The SMILES string of the molecule is Cc1ccc(N(Cc2ccc([N+](=O)[O-])cc2)C(=O)C(C)Cl)cc1. The first-order valence-corrected chi connectivity index (χ1v) is 7.57. The summed E-state index contributed by atoms with van der Waals surface area (Å²) in [5.41, 5.74) is 2.65. The number of nitro benzene ring substituents is 1. The molecule has 0 aliphatic carbocycles. The van der Waals surface area contributed by atoms with Gasteiger partial charge in [-0.3, -0.25) is 14.9 Å². The molecule has 6 heteroatoms. The van der Waals surface area contributed by atoms with Gasteiger partial charge in [0.2, 0.25) is 5.91 Å². The second-order valence-electron chi connectivity index (χ2n) is 5.30. The number of non-ortho nitro benzene ring substituents is 1. The van der Waals surface area contributed by atoms with Crippen LogP contribution in [-0.4, -0.2) is 16.2 Å². The van der Waals surface area contributed by atoms with Crippen molar-refractivity contribution in [1.29, 1.82) is 0 Å². The summed E-state index contributed by atoms with van der Waals surface area (Å²) in [4.78, 5) is 24.2. The van der Waals surface area contributed by atoms with Crippen molar-refractivity contribution in [2.24, 2.45) is 0 Å². The third kappa shape index (κ3) is 4.29. The highest BCUT2D eigenvalue weighted by Crippen LogP contribution is 2.21. The lowest BCUT2D eigenvalue weighted by Crippen LogP contribution is -2.35. The Kier molecular flexibility index (Phi) is 5.34. The average molecular weight is 333 g/mol. The number of aryl methyl sites for hydroxylation is 1. The lowest BCUT2D eigenvalue weighted by atomic mass is 10.1. The summed E-state index contributed by atoms with van der Waals surface area (Å²) in [5, 5.41) is 10.1. The normalized spacial score (nSPS) is 11.8. The lowest BCUT2D eigenvalue weighted by Gasteiger charge is -2.24. The number of anilines is 1. The molecule has 0 radical (unpaired) electrons. The van der Waals surface area contributed by atoms with Crippen LogP contribution in [0.15, 0.2) is 48.5 Å². The Labute approximate surface area is 139 Å². The first-order chi connectivity index (χ1) is 10.9. The summed E-state index contributed by atoms with van der Waals surface area (Å²) in [6, 6.07) is 13.7. The van der Waals surface area contributed by atoms with Gasteiger partial charge in [-0.15, -0.1) is 11.6 Å². The van der Waals surface area contributed by atoms with Crippen molar-refractivity contribution in [3.05, 3.63) is 69.8 Å². The van der Waals surface area contributed by atoms with Crippen LogP contribution in [0.2, 0.25) is 0 Å². The van der Waals surface area contributed by atoms with Gasteiger partial charge in [-0.2, -0.15) is 0 Å². The molecule has 0 N–H and O–H groups in total. The molecule has 2 rings (SSSR count). The zero-order chi connectivity index (χ0) is 17.0. The van der Waals surface area contributed by atoms with Gasteiger partial charge in [0.1, 0.15) is 5.38 Å². The van der Waals surface area contributed by atoms with Crippen LogP contribution in [0.4, 0.5) is 11.4 Å². The first kappa shape index (κ1) is 17.0. The topological polar surface area (TPSA) is 63.4 Å². The lowest BCUT2D eigenvalue weighted by molar-refractivity contribution is -0.384. The van der Waals surface area contributed by atoms with Crippen LogP contribution in [0.5, 0.6) is 0 Å². The summed E-state index contributed by atoms with van der Waals surface area (Å²) < 4.78 is 0.